The molecule has 2 heterocycles. The van der Waals surface area contributed by atoms with Crippen LogP contribution >= 0.6 is 15.9 Å². The lowest BCUT2D eigenvalue weighted by Crippen LogP contribution is -2.40. The molecule has 184 valence electrons. The lowest BCUT2D eigenvalue weighted by molar-refractivity contribution is 0.0223. The first-order valence-electron chi connectivity index (χ1n) is 12.3. The third-order valence-corrected chi connectivity index (χ3v) is 7.24. The van der Waals surface area contributed by atoms with Crippen LogP contribution in [0.5, 0.6) is 0 Å². The van der Waals surface area contributed by atoms with Crippen LogP contribution in [0.1, 0.15) is 61.4 Å². The molecule has 1 atom stereocenters. The van der Waals surface area contributed by atoms with Gasteiger partial charge in [-0.25, -0.2) is 4.79 Å². The number of benzene rings is 2. The maximum Gasteiger partial charge on any atom is 0.410 e. The maximum atomic E-state index is 12.6. The van der Waals surface area contributed by atoms with Crippen LogP contribution in [0.15, 0.2) is 40.9 Å². The molecule has 0 N–H and O–H groups in total. The summed E-state index contributed by atoms with van der Waals surface area (Å²) in [7, 11) is 0. The molecule has 0 saturated carbocycles. The van der Waals surface area contributed by atoms with Crippen LogP contribution in [0.4, 0.5) is 4.79 Å². The van der Waals surface area contributed by atoms with E-state index in [9.17, 15) is 4.79 Å². The van der Waals surface area contributed by atoms with E-state index in [0.717, 1.165) is 50.0 Å². The van der Waals surface area contributed by atoms with Crippen molar-refractivity contribution in [2.24, 2.45) is 0 Å². The summed E-state index contributed by atoms with van der Waals surface area (Å²) in [5, 5.41) is 0. The molecule has 1 amide bonds. The largest absolute Gasteiger partial charge is 0.444 e. The van der Waals surface area contributed by atoms with Gasteiger partial charge in [0.05, 0.1) is 6.10 Å². The van der Waals surface area contributed by atoms with Crippen LogP contribution in [0.3, 0.4) is 0 Å². The van der Waals surface area contributed by atoms with Crippen LogP contribution in [-0.2, 0) is 35.5 Å². The highest BCUT2D eigenvalue weighted by Crippen LogP contribution is 2.27. The third kappa shape index (κ3) is 6.61. The predicted octanol–water partition coefficient (Wildman–Crippen LogP) is 6.23. The highest BCUT2D eigenvalue weighted by Gasteiger charge is 2.27. The second-order valence-corrected chi connectivity index (χ2v) is 11.5. The second kappa shape index (κ2) is 10.8. The Morgan fingerprint density at radius 3 is 2.71 bits per heavy atom. The van der Waals surface area contributed by atoms with Gasteiger partial charge in [0, 0.05) is 43.8 Å². The normalized spacial score (nSPS) is 18.3. The van der Waals surface area contributed by atoms with Gasteiger partial charge < -0.3 is 14.4 Å². The van der Waals surface area contributed by atoms with Crippen molar-refractivity contribution in [3.05, 3.63) is 68.7 Å². The van der Waals surface area contributed by atoms with E-state index in [2.05, 4.69) is 64.2 Å². The highest BCUT2D eigenvalue weighted by atomic mass is 79.9. The zero-order valence-corrected chi connectivity index (χ0v) is 22.5. The molecule has 0 radical (unpaired) electrons. The lowest BCUT2D eigenvalue weighted by atomic mass is 9.94. The Hall–Kier alpha value is -1.89. The smallest absolute Gasteiger partial charge is 0.410 e. The average molecular weight is 530 g/mol. The lowest BCUT2D eigenvalue weighted by Gasteiger charge is -2.33. The van der Waals surface area contributed by atoms with E-state index >= 15 is 0 Å². The minimum Gasteiger partial charge on any atom is -0.444 e. The van der Waals surface area contributed by atoms with Gasteiger partial charge in [0.25, 0.3) is 0 Å². The van der Waals surface area contributed by atoms with Crippen LogP contribution in [0.25, 0.3) is 0 Å². The molecule has 1 saturated heterocycles. The van der Waals surface area contributed by atoms with E-state index in [4.69, 9.17) is 9.47 Å². The molecule has 0 bridgehead atoms. The Morgan fingerprint density at radius 1 is 1.21 bits per heavy atom. The van der Waals surface area contributed by atoms with Gasteiger partial charge in [-0.15, -0.1) is 0 Å². The zero-order chi connectivity index (χ0) is 24.3. The summed E-state index contributed by atoms with van der Waals surface area (Å²) in [6, 6.07) is 13.1. The SMILES string of the molecule is Cc1ccc(CN(Cc2cccc3c2CCN(C(=O)OC(C)(C)C)C3)CC2CCCO2)c(Br)c1. The average Bonchev–Trinajstić information content (AvgIpc) is 3.27. The Kier molecular flexibility index (Phi) is 8.01. The monoisotopic (exact) mass is 528 g/mol. The van der Waals surface area contributed by atoms with E-state index < -0.39 is 5.60 Å². The summed E-state index contributed by atoms with van der Waals surface area (Å²) >= 11 is 3.77. The number of hydrogen-bond acceptors (Lipinski definition) is 4. The van der Waals surface area contributed by atoms with Crippen LogP contribution < -0.4 is 0 Å². The standard InChI is InChI=1S/C28H37BrN2O3/c1-20-10-11-23(26(29)15-20)17-30(19-24-9-6-14-33-24)16-21-7-5-8-22-18-31(13-12-25(21)22)27(32)34-28(2,3)4/h5,7-8,10-11,15,24H,6,9,12-14,16-19H2,1-4H3. The van der Waals surface area contributed by atoms with Gasteiger partial charge in [-0.3, -0.25) is 4.90 Å². The first-order chi connectivity index (χ1) is 16.2. The fraction of sp³-hybridized carbons (Fsp3) is 0.536. The summed E-state index contributed by atoms with van der Waals surface area (Å²) in [5.74, 6) is 0. The molecule has 5 nitrogen and oxygen atoms in total. The topological polar surface area (TPSA) is 42.0 Å². The zero-order valence-electron chi connectivity index (χ0n) is 20.9. The summed E-state index contributed by atoms with van der Waals surface area (Å²) in [4.78, 5) is 17.0. The number of rotatable bonds is 6. The van der Waals surface area contributed by atoms with E-state index in [-0.39, 0.29) is 6.09 Å². The number of aryl methyl sites for hydroxylation is 1. The summed E-state index contributed by atoms with van der Waals surface area (Å²) < 4.78 is 12.8. The number of halogens is 1. The van der Waals surface area contributed by atoms with Crippen molar-refractivity contribution in [2.75, 3.05) is 19.7 Å². The van der Waals surface area contributed by atoms with E-state index in [0.29, 0.717) is 19.2 Å². The minimum absolute atomic E-state index is 0.229. The number of carbonyl (C=O) groups is 1. The molecule has 1 unspecified atom stereocenters. The molecular formula is C28H37BrN2O3. The Balaban J connectivity index is 1.51. The number of hydrogen-bond donors (Lipinski definition) is 0. The fourth-order valence-electron chi connectivity index (χ4n) is 4.84. The molecule has 0 aliphatic carbocycles. The molecule has 2 aromatic carbocycles. The Bertz CT molecular complexity index is 1010. The predicted molar refractivity (Wildman–Crippen MR) is 139 cm³/mol. The third-order valence-electron chi connectivity index (χ3n) is 6.50. The molecule has 6 heteroatoms. The van der Waals surface area contributed by atoms with Crippen molar-refractivity contribution in [2.45, 2.75) is 78.3 Å². The van der Waals surface area contributed by atoms with Crippen LogP contribution in [0.2, 0.25) is 0 Å². The summed E-state index contributed by atoms with van der Waals surface area (Å²) in [6.07, 6.45) is 3.20. The van der Waals surface area contributed by atoms with Gasteiger partial charge in [0.2, 0.25) is 0 Å². The quantitative estimate of drug-likeness (QED) is 0.445. The maximum absolute atomic E-state index is 12.6. The van der Waals surface area contributed by atoms with Gasteiger partial charge in [0.1, 0.15) is 5.60 Å². The number of ether oxygens (including phenoxy) is 2. The molecular weight excluding hydrogens is 492 g/mol. The minimum atomic E-state index is -0.480. The van der Waals surface area contributed by atoms with E-state index in [1.807, 2.05) is 25.7 Å². The Labute approximate surface area is 212 Å². The first-order valence-corrected chi connectivity index (χ1v) is 13.1. The van der Waals surface area contributed by atoms with E-state index in [1.165, 1.54) is 27.8 Å². The molecule has 4 rings (SSSR count). The summed E-state index contributed by atoms with van der Waals surface area (Å²) in [6.45, 7) is 12.7. The molecule has 2 aromatic rings. The number of nitrogens with zero attached hydrogens (tertiary/aromatic N) is 2. The van der Waals surface area contributed by atoms with Gasteiger partial charge in [-0.05, 0) is 80.8 Å². The van der Waals surface area contributed by atoms with Gasteiger partial charge in [-0.2, -0.15) is 0 Å². The van der Waals surface area contributed by atoms with Crippen molar-refractivity contribution in [3.63, 3.8) is 0 Å². The number of amides is 1. The van der Waals surface area contributed by atoms with Gasteiger partial charge >= 0.3 is 6.09 Å². The fourth-order valence-corrected chi connectivity index (χ4v) is 5.46. The second-order valence-electron chi connectivity index (χ2n) is 10.6. The van der Waals surface area contributed by atoms with Gasteiger partial charge in [0.15, 0.2) is 0 Å². The van der Waals surface area contributed by atoms with Crippen molar-refractivity contribution in [1.82, 2.24) is 9.80 Å². The first kappa shape index (κ1) is 25.2. The molecule has 2 aliphatic heterocycles. The number of fused-ring (bicyclic) bond motifs is 1. The molecule has 34 heavy (non-hydrogen) atoms. The van der Waals surface area contributed by atoms with Crippen LogP contribution in [-0.4, -0.2) is 47.3 Å². The highest BCUT2D eigenvalue weighted by molar-refractivity contribution is 9.10. The molecule has 2 aliphatic rings. The van der Waals surface area contributed by atoms with Gasteiger partial charge in [-0.1, -0.05) is 46.3 Å². The van der Waals surface area contributed by atoms with Crippen LogP contribution in [0, 0.1) is 6.92 Å². The van der Waals surface area contributed by atoms with Crippen molar-refractivity contribution >= 4 is 22.0 Å². The van der Waals surface area contributed by atoms with E-state index in [1.54, 1.807) is 0 Å². The van der Waals surface area contributed by atoms with Crippen molar-refractivity contribution < 1.29 is 14.3 Å². The van der Waals surface area contributed by atoms with Crippen molar-refractivity contribution in [1.29, 1.82) is 0 Å². The Morgan fingerprint density at radius 2 is 2.00 bits per heavy atom. The molecule has 1 fully saturated rings. The number of carbonyl (C=O) groups excluding carboxylic acids is 1. The molecule has 0 spiro atoms. The molecule has 0 aromatic heterocycles. The summed E-state index contributed by atoms with van der Waals surface area (Å²) in [5.41, 5.74) is 6.03. The van der Waals surface area contributed by atoms with Crippen molar-refractivity contribution in [3.8, 4) is 0 Å².